The molecule has 2 N–H and O–H groups in total. The number of hydrogen-bond acceptors (Lipinski definition) is 3. The molecule has 0 amide bonds. The van der Waals surface area contributed by atoms with Crippen LogP contribution in [0.15, 0.2) is 6.07 Å². The Kier molecular flexibility index (Phi) is 3.21. The second-order valence-electron chi connectivity index (χ2n) is 4.60. The number of aromatic nitrogens is 2. The summed E-state index contributed by atoms with van der Waals surface area (Å²) in [5.74, 6) is 0.859. The van der Waals surface area contributed by atoms with E-state index < -0.39 is 0 Å². The van der Waals surface area contributed by atoms with Crippen LogP contribution in [0, 0.1) is 6.92 Å². The number of hydrogen-bond donors (Lipinski definition) is 1. The second kappa shape index (κ2) is 4.05. The van der Waals surface area contributed by atoms with Crippen molar-refractivity contribution in [1.82, 2.24) is 9.97 Å². The van der Waals surface area contributed by atoms with Crippen LogP contribution in [-0.4, -0.2) is 16.5 Å². The molecule has 0 saturated heterocycles. The normalized spacial score (nSPS) is 11.8. The zero-order chi connectivity index (χ0) is 10.8. The van der Waals surface area contributed by atoms with Crippen molar-refractivity contribution in [2.45, 2.75) is 39.5 Å². The van der Waals surface area contributed by atoms with Gasteiger partial charge in [-0.2, -0.15) is 0 Å². The molecule has 0 aliphatic heterocycles. The van der Waals surface area contributed by atoms with Gasteiger partial charge in [-0.15, -0.1) is 0 Å². The Morgan fingerprint density at radius 3 is 2.43 bits per heavy atom. The monoisotopic (exact) mass is 193 g/mol. The molecule has 78 valence electrons. The van der Waals surface area contributed by atoms with E-state index in [4.69, 9.17) is 5.73 Å². The average Bonchev–Trinajstić information content (AvgIpc) is 2.02. The molecule has 0 saturated carbocycles. The smallest absolute Gasteiger partial charge is 0.130 e. The second-order valence-corrected chi connectivity index (χ2v) is 4.60. The molecule has 1 rings (SSSR count). The summed E-state index contributed by atoms with van der Waals surface area (Å²) in [7, 11) is 0. The maximum absolute atomic E-state index is 5.49. The van der Waals surface area contributed by atoms with Crippen LogP contribution in [0.1, 0.15) is 38.0 Å². The van der Waals surface area contributed by atoms with Gasteiger partial charge in [0.1, 0.15) is 5.82 Å². The maximum Gasteiger partial charge on any atom is 0.130 e. The van der Waals surface area contributed by atoms with Crippen molar-refractivity contribution in [3.8, 4) is 0 Å². The average molecular weight is 193 g/mol. The summed E-state index contributed by atoms with van der Waals surface area (Å²) in [4.78, 5) is 8.85. The fourth-order valence-corrected chi connectivity index (χ4v) is 1.26. The molecule has 1 aromatic heterocycles. The van der Waals surface area contributed by atoms with Crippen molar-refractivity contribution in [2.75, 3.05) is 6.54 Å². The Morgan fingerprint density at radius 2 is 1.93 bits per heavy atom. The molecular formula is C11H19N3. The van der Waals surface area contributed by atoms with Crippen LogP contribution in [-0.2, 0) is 11.8 Å². The van der Waals surface area contributed by atoms with E-state index in [-0.39, 0.29) is 5.41 Å². The quantitative estimate of drug-likeness (QED) is 0.776. The molecular weight excluding hydrogens is 174 g/mol. The van der Waals surface area contributed by atoms with Crippen LogP contribution in [0.25, 0.3) is 0 Å². The lowest BCUT2D eigenvalue weighted by atomic mass is 9.91. The number of nitrogens with two attached hydrogens (primary N) is 1. The van der Waals surface area contributed by atoms with Crippen molar-refractivity contribution in [1.29, 1.82) is 0 Å². The molecule has 0 fully saturated rings. The summed E-state index contributed by atoms with van der Waals surface area (Å²) in [6.45, 7) is 9.06. The number of rotatable bonds is 2. The van der Waals surface area contributed by atoms with E-state index in [0.29, 0.717) is 6.54 Å². The number of nitrogens with zero attached hydrogens (tertiary/aromatic N) is 2. The lowest BCUT2D eigenvalue weighted by Gasteiger charge is -2.18. The van der Waals surface area contributed by atoms with Crippen molar-refractivity contribution in [2.24, 2.45) is 5.73 Å². The highest BCUT2D eigenvalue weighted by Crippen LogP contribution is 2.20. The van der Waals surface area contributed by atoms with Gasteiger partial charge in [-0.3, -0.25) is 0 Å². The molecule has 3 nitrogen and oxygen atoms in total. The highest BCUT2D eigenvalue weighted by Gasteiger charge is 2.16. The van der Waals surface area contributed by atoms with E-state index in [1.54, 1.807) is 0 Å². The molecule has 0 spiro atoms. The maximum atomic E-state index is 5.49. The van der Waals surface area contributed by atoms with E-state index in [9.17, 15) is 0 Å². The first kappa shape index (κ1) is 11.1. The fourth-order valence-electron chi connectivity index (χ4n) is 1.26. The van der Waals surface area contributed by atoms with Gasteiger partial charge in [0.05, 0.1) is 0 Å². The van der Waals surface area contributed by atoms with Crippen LogP contribution >= 0.6 is 0 Å². The summed E-state index contributed by atoms with van der Waals surface area (Å²) >= 11 is 0. The Balaban J connectivity index is 3.07. The molecule has 1 aromatic rings. The summed E-state index contributed by atoms with van der Waals surface area (Å²) in [5.41, 5.74) is 7.68. The predicted octanol–water partition coefficient (Wildman–Crippen LogP) is 1.58. The third-order valence-corrected chi connectivity index (χ3v) is 2.04. The van der Waals surface area contributed by atoms with E-state index in [2.05, 4.69) is 30.7 Å². The van der Waals surface area contributed by atoms with Crippen molar-refractivity contribution < 1.29 is 0 Å². The predicted molar refractivity (Wildman–Crippen MR) is 58.2 cm³/mol. The molecule has 14 heavy (non-hydrogen) atoms. The first-order valence-electron chi connectivity index (χ1n) is 4.98. The summed E-state index contributed by atoms with van der Waals surface area (Å²) in [5, 5.41) is 0. The number of aryl methyl sites for hydroxylation is 1. The van der Waals surface area contributed by atoms with Crippen molar-refractivity contribution >= 4 is 0 Å². The van der Waals surface area contributed by atoms with E-state index in [0.717, 1.165) is 23.6 Å². The molecule has 0 unspecified atom stereocenters. The van der Waals surface area contributed by atoms with Crippen LogP contribution in [0.3, 0.4) is 0 Å². The third-order valence-electron chi connectivity index (χ3n) is 2.04. The van der Waals surface area contributed by atoms with E-state index >= 15 is 0 Å². The largest absolute Gasteiger partial charge is 0.330 e. The lowest BCUT2D eigenvalue weighted by molar-refractivity contribution is 0.560. The zero-order valence-electron chi connectivity index (χ0n) is 9.46. The van der Waals surface area contributed by atoms with Gasteiger partial charge in [-0.1, -0.05) is 20.8 Å². The van der Waals surface area contributed by atoms with Gasteiger partial charge in [0.2, 0.25) is 0 Å². The van der Waals surface area contributed by atoms with E-state index in [1.807, 2.05) is 13.0 Å². The molecule has 3 heteroatoms. The minimum Gasteiger partial charge on any atom is -0.330 e. The Bertz CT molecular complexity index is 313. The summed E-state index contributed by atoms with van der Waals surface area (Å²) < 4.78 is 0. The summed E-state index contributed by atoms with van der Waals surface area (Å²) in [6.07, 6.45) is 0.755. The Hall–Kier alpha value is -0.960. The molecule has 0 bridgehead atoms. The van der Waals surface area contributed by atoms with Gasteiger partial charge in [0, 0.05) is 23.2 Å². The SMILES string of the molecule is Cc1cc(C(C)(C)C)nc(CCN)n1. The Labute approximate surface area is 85.8 Å². The van der Waals surface area contributed by atoms with Crippen molar-refractivity contribution in [3.63, 3.8) is 0 Å². The van der Waals surface area contributed by atoms with Crippen LogP contribution in [0.2, 0.25) is 0 Å². The Morgan fingerprint density at radius 1 is 1.29 bits per heavy atom. The lowest BCUT2D eigenvalue weighted by Crippen LogP contribution is -2.17. The molecule has 0 aromatic carbocycles. The topological polar surface area (TPSA) is 51.8 Å². The van der Waals surface area contributed by atoms with E-state index in [1.165, 1.54) is 0 Å². The molecule has 0 atom stereocenters. The molecule has 0 aliphatic rings. The molecule has 0 radical (unpaired) electrons. The first-order valence-corrected chi connectivity index (χ1v) is 4.98. The highest BCUT2D eigenvalue weighted by molar-refractivity contribution is 5.17. The minimum absolute atomic E-state index is 0.0804. The first-order chi connectivity index (χ1) is 6.43. The van der Waals surface area contributed by atoms with Crippen molar-refractivity contribution in [3.05, 3.63) is 23.3 Å². The third kappa shape index (κ3) is 2.77. The summed E-state index contributed by atoms with van der Waals surface area (Å²) in [6, 6.07) is 2.04. The molecule has 0 aliphatic carbocycles. The standard InChI is InChI=1S/C11H19N3/c1-8-7-9(11(2,3)4)14-10(13-8)5-6-12/h7H,5-6,12H2,1-4H3. The van der Waals surface area contributed by atoms with Gasteiger partial charge in [0.25, 0.3) is 0 Å². The van der Waals surface area contributed by atoms with Crippen LogP contribution in [0.5, 0.6) is 0 Å². The zero-order valence-corrected chi connectivity index (χ0v) is 9.46. The highest BCUT2D eigenvalue weighted by atomic mass is 14.9. The minimum atomic E-state index is 0.0804. The van der Waals surface area contributed by atoms with Gasteiger partial charge >= 0.3 is 0 Å². The van der Waals surface area contributed by atoms with Crippen LogP contribution in [0.4, 0.5) is 0 Å². The van der Waals surface area contributed by atoms with Crippen LogP contribution < -0.4 is 5.73 Å². The van der Waals surface area contributed by atoms with Gasteiger partial charge in [-0.25, -0.2) is 9.97 Å². The molecule has 1 heterocycles. The van der Waals surface area contributed by atoms with Gasteiger partial charge in [-0.05, 0) is 19.5 Å². The fraction of sp³-hybridized carbons (Fsp3) is 0.636. The van der Waals surface area contributed by atoms with Gasteiger partial charge in [0.15, 0.2) is 0 Å². The van der Waals surface area contributed by atoms with Gasteiger partial charge < -0.3 is 5.73 Å².